The molecule has 1 fully saturated rings. The Labute approximate surface area is 181 Å². The van der Waals surface area contributed by atoms with Gasteiger partial charge in [-0.15, -0.1) is 0 Å². The number of anilines is 1. The Hall–Kier alpha value is -2.54. The molecule has 168 valence electrons. The maximum atomic E-state index is 12.9. The van der Waals surface area contributed by atoms with E-state index in [0.717, 1.165) is 55.4 Å². The lowest BCUT2D eigenvalue weighted by Crippen LogP contribution is -2.35. The molecule has 2 aromatic carbocycles. The Morgan fingerprint density at radius 1 is 1.23 bits per heavy atom. The molecule has 7 heteroatoms. The molecule has 0 aromatic heterocycles. The predicted molar refractivity (Wildman–Crippen MR) is 115 cm³/mol. The average molecular weight is 435 g/mol. The van der Waals surface area contributed by atoms with Crippen molar-refractivity contribution >= 4 is 11.6 Å². The number of benzene rings is 2. The second-order valence-electron chi connectivity index (χ2n) is 8.21. The van der Waals surface area contributed by atoms with E-state index >= 15 is 0 Å². The lowest BCUT2D eigenvalue weighted by Gasteiger charge is -2.32. The SMILES string of the molecule is COc1ccc(NC(=O)CC[C@H]2CCCN(Cc3cccc(C(F)(F)F)c3)C2)c(C)c1. The average Bonchev–Trinajstić information content (AvgIpc) is 2.73. The molecule has 1 aliphatic heterocycles. The maximum Gasteiger partial charge on any atom is 0.416 e. The second-order valence-corrected chi connectivity index (χ2v) is 8.21. The molecule has 1 heterocycles. The Bertz CT molecular complexity index is 899. The Balaban J connectivity index is 1.49. The van der Waals surface area contributed by atoms with Crippen molar-refractivity contribution in [3.8, 4) is 5.75 Å². The van der Waals surface area contributed by atoms with E-state index in [-0.39, 0.29) is 5.91 Å². The fourth-order valence-corrected chi connectivity index (χ4v) is 4.09. The first-order valence-corrected chi connectivity index (χ1v) is 10.6. The minimum Gasteiger partial charge on any atom is -0.497 e. The summed E-state index contributed by atoms with van der Waals surface area (Å²) in [5, 5.41) is 2.96. The van der Waals surface area contributed by atoms with Gasteiger partial charge in [-0.05, 0) is 74.0 Å². The Morgan fingerprint density at radius 2 is 2.03 bits per heavy atom. The third-order valence-electron chi connectivity index (χ3n) is 5.75. The zero-order valence-corrected chi connectivity index (χ0v) is 18.0. The molecule has 0 spiro atoms. The quantitative estimate of drug-likeness (QED) is 0.612. The summed E-state index contributed by atoms with van der Waals surface area (Å²) in [4.78, 5) is 14.6. The molecular formula is C24H29F3N2O2. The summed E-state index contributed by atoms with van der Waals surface area (Å²) in [5.74, 6) is 1.09. The zero-order valence-electron chi connectivity index (χ0n) is 18.0. The first-order valence-electron chi connectivity index (χ1n) is 10.6. The molecule has 3 rings (SSSR count). The van der Waals surface area contributed by atoms with Crippen molar-refractivity contribution in [2.45, 2.75) is 45.3 Å². The van der Waals surface area contributed by atoms with Crippen molar-refractivity contribution < 1.29 is 22.7 Å². The predicted octanol–water partition coefficient (Wildman–Crippen LogP) is 5.65. The molecular weight excluding hydrogens is 405 g/mol. The summed E-state index contributed by atoms with van der Waals surface area (Å²) in [6.45, 7) is 4.08. The Kier molecular flexibility index (Phi) is 7.59. The molecule has 1 amide bonds. The number of halogens is 3. The molecule has 0 saturated carbocycles. The molecule has 1 saturated heterocycles. The topological polar surface area (TPSA) is 41.6 Å². The van der Waals surface area contributed by atoms with E-state index in [1.54, 1.807) is 13.2 Å². The van der Waals surface area contributed by atoms with Crippen LogP contribution in [0.4, 0.5) is 18.9 Å². The van der Waals surface area contributed by atoms with Crippen LogP contribution in [0.3, 0.4) is 0 Å². The highest BCUT2D eigenvalue weighted by Gasteiger charge is 2.30. The third kappa shape index (κ3) is 6.72. The van der Waals surface area contributed by atoms with E-state index < -0.39 is 11.7 Å². The van der Waals surface area contributed by atoms with E-state index in [4.69, 9.17) is 4.74 Å². The van der Waals surface area contributed by atoms with Crippen LogP contribution >= 0.6 is 0 Å². The maximum absolute atomic E-state index is 12.9. The molecule has 0 radical (unpaired) electrons. The van der Waals surface area contributed by atoms with Gasteiger partial charge in [0, 0.05) is 25.2 Å². The van der Waals surface area contributed by atoms with Gasteiger partial charge in [-0.25, -0.2) is 0 Å². The molecule has 31 heavy (non-hydrogen) atoms. The van der Waals surface area contributed by atoms with E-state index in [9.17, 15) is 18.0 Å². The van der Waals surface area contributed by atoms with Crippen LogP contribution < -0.4 is 10.1 Å². The summed E-state index contributed by atoms with van der Waals surface area (Å²) < 4.78 is 44.0. The molecule has 4 nitrogen and oxygen atoms in total. The minimum atomic E-state index is -4.32. The van der Waals surface area contributed by atoms with Gasteiger partial charge in [0.25, 0.3) is 0 Å². The summed E-state index contributed by atoms with van der Waals surface area (Å²) >= 11 is 0. The normalized spacial score (nSPS) is 17.4. The number of aryl methyl sites for hydroxylation is 1. The molecule has 1 atom stereocenters. The van der Waals surface area contributed by atoms with Gasteiger partial charge in [-0.1, -0.05) is 18.2 Å². The van der Waals surface area contributed by atoms with Crippen LogP contribution in [0.25, 0.3) is 0 Å². The highest BCUT2D eigenvalue weighted by Crippen LogP contribution is 2.30. The van der Waals surface area contributed by atoms with Gasteiger partial charge >= 0.3 is 6.18 Å². The number of hydrogen-bond acceptors (Lipinski definition) is 3. The van der Waals surface area contributed by atoms with E-state index in [1.165, 1.54) is 12.1 Å². The number of carbonyl (C=O) groups excluding carboxylic acids is 1. The number of methoxy groups -OCH3 is 1. The van der Waals surface area contributed by atoms with Crippen LogP contribution in [-0.2, 0) is 17.5 Å². The van der Waals surface area contributed by atoms with E-state index in [0.29, 0.717) is 24.4 Å². The van der Waals surface area contributed by atoms with Gasteiger partial charge in [0.2, 0.25) is 5.91 Å². The van der Waals surface area contributed by atoms with Gasteiger partial charge < -0.3 is 10.1 Å². The fraction of sp³-hybridized carbons (Fsp3) is 0.458. The number of amides is 1. The van der Waals surface area contributed by atoms with Gasteiger partial charge in [0.15, 0.2) is 0 Å². The lowest BCUT2D eigenvalue weighted by atomic mass is 9.93. The number of likely N-dealkylation sites (tertiary alicyclic amines) is 1. The number of carbonyl (C=O) groups is 1. The summed E-state index contributed by atoms with van der Waals surface area (Å²) in [6.07, 6.45) is -1.11. The molecule has 0 aliphatic carbocycles. The first-order chi connectivity index (χ1) is 14.7. The second kappa shape index (κ2) is 10.2. The third-order valence-corrected chi connectivity index (χ3v) is 5.75. The van der Waals surface area contributed by atoms with Crippen molar-refractivity contribution in [3.05, 3.63) is 59.2 Å². The van der Waals surface area contributed by atoms with Crippen LogP contribution in [0.2, 0.25) is 0 Å². The number of piperidine rings is 1. The van der Waals surface area contributed by atoms with Crippen molar-refractivity contribution in [2.75, 3.05) is 25.5 Å². The van der Waals surface area contributed by atoms with Gasteiger partial charge in [-0.2, -0.15) is 13.2 Å². The lowest BCUT2D eigenvalue weighted by molar-refractivity contribution is -0.137. The standard InChI is InChI=1S/C24H29F3N2O2/c1-17-13-21(31-2)9-10-22(17)28-23(30)11-8-18-6-4-12-29(15-18)16-19-5-3-7-20(14-19)24(25,26)27/h3,5,7,9-10,13-14,18H,4,6,8,11-12,15-16H2,1-2H3,(H,28,30)/t18-/m1/s1. The summed E-state index contributed by atoms with van der Waals surface area (Å²) in [7, 11) is 1.60. The number of nitrogens with zero attached hydrogens (tertiary/aromatic N) is 1. The fourth-order valence-electron chi connectivity index (χ4n) is 4.09. The first kappa shape index (κ1) is 23.1. The smallest absolute Gasteiger partial charge is 0.416 e. The van der Waals surface area contributed by atoms with E-state index in [1.807, 2.05) is 25.1 Å². The highest BCUT2D eigenvalue weighted by atomic mass is 19.4. The number of nitrogens with one attached hydrogen (secondary N) is 1. The summed E-state index contributed by atoms with van der Waals surface area (Å²) in [5.41, 5.74) is 1.78. The number of alkyl halides is 3. The monoisotopic (exact) mass is 434 g/mol. The minimum absolute atomic E-state index is 0.0248. The zero-order chi connectivity index (χ0) is 22.4. The van der Waals surface area contributed by atoms with Crippen molar-refractivity contribution in [2.24, 2.45) is 5.92 Å². The van der Waals surface area contributed by atoms with Crippen molar-refractivity contribution in [3.63, 3.8) is 0 Å². The van der Waals surface area contributed by atoms with Crippen LogP contribution in [-0.4, -0.2) is 31.0 Å². The van der Waals surface area contributed by atoms with Crippen molar-refractivity contribution in [1.29, 1.82) is 0 Å². The van der Waals surface area contributed by atoms with Gasteiger partial charge in [-0.3, -0.25) is 9.69 Å². The summed E-state index contributed by atoms with van der Waals surface area (Å²) in [6, 6.07) is 11.1. The molecule has 2 aromatic rings. The van der Waals surface area contributed by atoms with Crippen LogP contribution in [0.5, 0.6) is 5.75 Å². The van der Waals surface area contributed by atoms with Crippen LogP contribution in [0.15, 0.2) is 42.5 Å². The van der Waals surface area contributed by atoms with E-state index in [2.05, 4.69) is 10.2 Å². The number of rotatable bonds is 7. The highest BCUT2D eigenvalue weighted by molar-refractivity contribution is 5.91. The molecule has 1 N–H and O–H groups in total. The number of ether oxygens (including phenoxy) is 1. The number of hydrogen-bond donors (Lipinski definition) is 1. The largest absolute Gasteiger partial charge is 0.497 e. The van der Waals surface area contributed by atoms with Crippen LogP contribution in [0.1, 0.15) is 42.4 Å². The van der Waals surface area contributed by atoms with Crippen molar-refractivity contribution in [1.82, 2.24) is 4.90 Å². The van der Waals surface area contributed by atoms with Gasteiger partial charge in [0.1, 0.15) is 5.75 Å². The Morgan fingerprint density at radius 3 is 2.74 bits per heavy atom. The molecule has 0 unspecified atom stereocenters. The van der Waals surface area contributed by atoms with Gasteiger partial charge in [0.05, 0.1) is 12.7 Å². The molecule has 1 aliphatic rings. The van der Waals surface area contributed by atoms with Crippen LogP contribution in [0, 0.1) is 12.8 Å². The molecule has 0 bridgehead atoms.